The van der Waals surface area contributed by atoms with Crippen LogP contribution in [0, 0.1) is 23.7 Å². The fourth-order valence-corrected chi connectivity index (χ4v) is 6.01. The monoisotopic (exact) mass is 312 g/mol. The first-order chi connectivity index (χ1) is 11.2. The molecule has 1 atom stereocenters. The van der Waals surface area contributed by atoms with Gasteiger partial charge in [0.15, 0.2) is 0 Å². The zero-order valence-electron chi connectivity index (χ0n) is 14.7. The lowest BCUT2D eigenvalue weighted by Gasteiger charge is -2.54. The molecule has 0 radical (unpaired) electrons. The number of fused-ring (bicyclic) bond motifs is 1. The third-order valence-corrected chi connectivity index (χ3v) is 6.85. The van der Waals surface area contributed by atoms with Crippen molar-refractivity contribution >= 4 is 0 Å². The molecule has 1 aromatic rings. The highest BCUT2D eigenvalue weighted by Crippen LogP contribution is 2.53. The Balaban J connectivity index is 0.000000118. The van der Waals surface area contributed by atoms with Crippen molar-refractivity contribution in [2.75, 3.05) is 7.05 Å². The average molecular weight is 313 g/mol. The van der Waals surface area contributed by atoms with Gasteiger partial charge in [-0.3, -0.25) is 0 Å². The summed E-state index contributed by atoms with van der Waals surface area (Å²) in [6.07, 6.45) is 8.91. The van der Waals surface area contributed by atoms with E-state index in [2.05, 4.69) is 48.9 Å². The van der Waals surface area contributed by atoms with Crippen molar-refractivity contribution in [3.63, 3.8) is 0 Å². The van der Waals surface area contributed by atoms with Crippen molar-refractivity contribution in [2.45, 2.75) is 64.1 Å². The first-order valence-corrected chi connectivity index (χ1v) is 9.70. The van der Waals surface area contributed by atoms with Crippen molar-refractivity contribution in [2.24, 2.45) is 23.7 Å². The predicted octanol–water partition coefficient (Wildman–Crippen LogP) is 3.75. The molecule has 2 heteroatoms. The van der Waals surface area contributed by atoms with Gasteiger partial charge in [-0.2, -0.15) is 0 Å². The van der Waals surface area contributed by atoms with Crippen molar-refractivity contribution in [1.82, 2.24) is 10.6 Å². The van der Waals surface area contributed by atoms with Crippen LogP contribution in [-0.4, -0.2) is 19.1 Å². The second-order valence-corrected chi connectivity index (χ2v) is 8.50. The number of nitrogens with one attached hydrogen (secondary N) is 2. The van der Waals surface area contributed by atoms with Crippen LogP contribution in [0.4, 0.5) is 0 Å². The molecular formula is C21H32N2. The lowest BCUT2D eigenvalue weighted by molar-refractivity contribution is -0.0109. The highest BCUT2D eigenvalue weighted by molar-refractivity contribution is 5.29. The van der Waals surface area contributed by atoms with Gasteiger partial charge in [0.05, 0.1) is 0 Å². The Bertz CT molecular complexity index is 510. The summed E-state index contributed by atoms with van der Waals surface area (Å²) in [6.45, 7) is 3.27. The molecule has 4 saturated carbocycles. The Morgan fingerprint density at radius 2 is 1.52 bits per heavy atom. The van der Waals surface area contributed by atoms with Gasteiger partial charge in [-0.15, -0.1) is 0 Å². The predicted molar refractivity (Wildman–Crippen MR) is 96.3 cm³/mol. The second-order valence-electron chi connectivity index (χ2n) is 8.50. The molecule has 4 fully saturated rings. The summed E-state index contributed by atoms with van der Waals surface area (Å²) in [5.74, 6) is 4.34. The maximum absolute atomic E-state index is 3.55. The zero-order chi connectivity index (χ0) is 15.8. The zero-order valence-corrected chi connectivity index (χ0v) is 14.7. The summed E-state index contributed by atoms with van der Waals surface area (Å²) in [5.41, 5.74) is 2.98. The van der Waals surface area contributed by atoms with Gasteiger partial charge in [-0.05, 0) is 87.3 Å². The largest absolute Gasteiger partial charge is 0.316 e. The molecule has 2 nitrogen and oxygen atoms in total. The molecule has 23 heavy (non-hydrogen) atoms. The minimum absolute atomic E-state index is 0.643. The van der Waals surface area contributed by atoms with E-state index in [0.29, 0.717) is 6.04 Å². The molecule has 1 aromatic carbocycles. The van der Waals surface area contributed by atoms with Gasteiger partial charge in [0, 0.05) is 18.6 Å². The molecular weight excluding hydrogens is 280 g/mol. The first-order valence-electron chi connectivity index (χ1n) is 9.70. The lowest BCUT2D eigenvalue weighted by atomic mass is 9.54. The smallest absolute Gasteiger partial charge is 0.0210 e. The molecule has 0 spiro atoms. The lowest BCUT2D eigenvalue weighted by Crippen LogP contribution is -2.53. The third-order valence-electron chi connectivity index (χ3n) is 6.85. The molecule has 0 aromatic heterocycles. The van der Waals surface area contributed by atoms with Crippen molar-refractivity contribution in [3.8, 4) is 0 Å². The van der Waals surface area contributed by atoms with E-state index in [9.17, 15) is 0 Å². The quantitative estimate of drug-likeness (QED) is 0.825. The summed E-state index contributed by atoms with van der Waals surface area (Å²) in [4.78, 5) is 0. The molecule has 2 N–H and O–H groups in total. The highest BCUT2D eigenvalue weighted by atomic mass is 14.9. The van der Waals surface area contributed by atoms with Gasteiger partial charge in [-0.1, -0.05) is 24.3 Å². The van der Waals surface area contributed by atoms with Gasteiger partial charge in [0.1, 0.15) is 0 Å². The van der Waals surface area contributed by atoms with Crippen LogP contribution < -0.4 is 10.6 Å². The molecule has 4 aliphatic carbocycles. The minimum Gasteiger partial charge on any atom is -0.316 e. The molecule has 1 heterocycles. The van der Waals surface area contributed by atoms with Gasteiger partial charge < -0.3 is 10.6 Å². The van der Waals surface area contributed by atoms with Gasteiger partial charge in [0.2, 0.25) is 0 Å². The number of rotatable bonds is 1. The van der Waals surface area contributed by atoms with Crippen LogP contribution in [-0.2, 0) is 13.0 Å². The Morgan fingerprint density at radius 1 is 0.913 bits per heavy atom. The highest BCUT2D eigenvalue weighted by Gasteiger charge is 2.47. The van der Waals surface area contributed by atoms with E-state index in [-0.39, 0.29) is 0 Å². The maximum Gasteiger partial charge on any atom is 0.0210 e. The molecule has 0 saturated heterocycles. The van der Waals surface area contributed by atoms with E-state index in [4.69, 9.17) is 0 Å². The molecule has 126 valence electrons. The van der Waals surface area contributed by atoms with Crippen LogP contribution in [0.15, 0.2) is 24.3 Å². The van der Waals surface area contributed by atoms with E-state index >= 15 is 0 Å². The normalized spacial score (nSPS) is 40.3. The van der Waals surface area contributed by atoms with Gasteiger partial charge in [-0.25, -0.2) is 0 Å². The van der Waals surface area contributed by atoms with Crippen molar-refractivity contribution in [1.29, 1.82) is 0 Å². The summed E-state index contributed by atoms with van der Waals surface area (Å²) >= 11 is 0. The average Bonchev–Trinajstić information content (AvgIpc) is 2.55. The molecule has 4 bridgehead atoms. The molecule has 0 unspecified atom stereocenters. The first kappa shape index (κ1) is 15.7. The molecule has 0 amide bonds. The maximum atomic E-state index is 3.55. The fourth-order valence-electron chi connectivity index (χ4n) is 6.01. The molecule has 1 aliphatic heterocycles. The number of hydrogen-bond acceptors (Lipinski definition) is 2. The Hall–Kier alpha value is -0.860. The summed E-state index contributed by atoms with van der Waals surface area (Å²) < 4.78 is 0. The Labute approximate surface area is 141 Å². The topological polar surface area (TPSA) is 24.1 Å². The van der Waals surface area contributed by atoms with E-state index in [0.717, 1.165) is 36.3 Å². The summed E-state index contributed by atoms with van der Waals surface area (Å²) in [5, 5.41) is 6.99. The van der Waals surface area contributed by atoms with E-state index in [1.807, 2.05) is 0 Å². The SMILES string of the molecule is CNC1C2CC3CC(C2)CC1C3.C[C@H]1Cc2ccccc2CN1. The van der Waals surface area contributed by atoms with Crippen LogP contribution in [0.5, 0.6) is 0 Å². The van der Waals surface area contributed by atoms with Crippen molar-refractivity contribution in [3.05, 3.63) is 35.4 Å². The van der Waals surface area contributed by atoms with Gasteiger partial charge >= 0.3 is 0 Å². The molecule has 5 aliphatic rings. The number of hydrogen-bond donors (Lipinski definition) is 2. The van der Waals surface area contributed by atoms with Crippen LogP contribution in [0.25, 0.3) is 0 Å². The Morgan fingerprint density at radius 3 is 2.13 bits per heavy atom. The minimum atomic E-state index is 0.643. The van der Waals surface area contributed by atoms with Gasteiger partial charge in [0.25, 0.3) is 0 Å². The second kappa shape index (κ2) is 6.57. The van der Waals surface area contributed by atoms with Crippen LogP contribution in [0.3, 0.4) is 0 Å². The summed E-state index contributed by atoms with van der Waals surface area (Å²) in [7, 11) is 2.16. The fraction of sp³-hybridized carbons (Fsp3) is 0.714. The van der Waals surface area contributed by atoms with Crippen LogP contribution in [0.2, 0.25) is 0 Å². The standard InChI is InChI=1S/C11H19N.C10H13N/c1-12-11-9-3-7-2-8(5-9)6-10(11)4-7;1-8-6-9-4-2-3-5-10(9)7-11-8/h7-12H,2-6H2,1H3;2-5,8,11H,6-7H2,1H3/t;8-/m.0/s1. The van der Waals surface area contributed by atoms with Crippen LogP contribution in [0.1, 0.15) is 50.2 Å². The third kappa shape index (κ3) is 3.21. The molecule has 6 rings (SSSR count). The van der Waals surface area contributed by atoms with E-state index in [1.54, 1.807) is 32.1 Å². The van der Waals surface area contributed by atoms with E-state index in [1.165, 1.54) is 17.5 Å². The Kier molecular flexibility index (Phi) is 4.47. The van der Waals surface area contributed by atoms with Crippen molar-refractivity contribution < 1.29 is 0 Å². The van der Waals surface area contributed by atoms with E-state index < -0.39 is 0 Å². The summed E-state index contributed by atoms with van der Waals surface area (Å²) in [6, 6.07) is 10.2. The van der Waals surface area contributed by atoms with Crippen LogP contribution >= 0.6 is 0 Å². The number of benzene rings is 1.